The van der Waals surface area contributed by atoms with E-state index in [9.17, 15) is 55.5 Å². The van der Waals surface area contributed by atoms with Crippen LogP contribution in [-0.2, 0) is 38.0 Å². The normalized spacial score (nSPS) is 46.0. The largest absolute Gasteiger partial charge is 0.481 e. The summed E-state index contributed by atoms with van der Waals surface area (Å²) < 4.78 is 37.5. The molecule has 7 rings (SSSR count). The first-order valence-electron chi connectivity index (χ1n) is 25.3. The molecule has 5 fully saturated rings. The molecule has 0 bridgehead atoms. The zero-order valence-corrected chi connectivity index (χ0v) is 42.1. The Bertz CT molecular complexity index is 1910. The average molecular weight is 982 g/mol. The lowest BCUT2D eigenvalue weighted by atomic mass is 9.43. The van der Waals surface area contributed by atoms with Gasteiger partial charge >= 0.3 is 5.97 Å². The van der Waals surface area contributed by atoms with E-state index in [2.05, 4.69) is 67.3 Å². The fourth-order valence-electron chi connectivity index (χ4n) is 14.4. The van der Waals surface area contributed by atoms with Gasteiger partial charge in [0.15, 0.2) is 18.9 Å². The summed E-state index contributed by atoms with van der Waals surface area (Å²) in [6.07, 6.45) is -13.9. The Labute approximate surface area is 406 Å². The highest BCUT2D eigenvalue weighted by Gasteiger charge is 2.69. The Hall–Kier alpha value is -2.14. The van der Waals surface area contributed by atoms with Crippen molar-refractivity contribution in [2.75, 3.05) is 19.8 Å². The summed E-state index contributed by atoms with van der Waals surface area (Å²) >= 11 is 0. The molecular weight excluding hydrogens is 899 g/mol. The second-order valence-electron chi connectivity index (χ2n) is 23.7. The number of carboxylic acid groups (broad SMARTS) is 1. The van der Waals surface area contributed by atoms with E-state index in [4.69, 9.17) is 28.4 Å². The summed E-state index contributed by atoms with van der Waals surface area (Å²) in [7, 11) is 0. The number of aliphatic hydroxyl groups is 8. The van der Waals surface area contributed by atoms with Crippen molar-refractivity contribution < 1.29 is 84.0 Å². The van der Waals surface area contributed by atoms with Crippen molar-refractivity contribution in [1.29, 1.82) is 0 Å². The van der Waals surface area contributed by atoms with E-state index < -0.39 is 140 Å². The Morgan fingerprint density at radius 1 is 0.783 bits per heavy atom. The van der Waals surface area contributed by atoms with Gasteiger partial charge < -0.3 is 79.7 Å². The van der Waals surface area contributed by atoms with Crippen molar-refractivity contribution in [1.82, 2.24) is 5.32 Å². The van der Waals surface area contributed by atoms with Crippen molar-refractivity contribution in [2.24, 2.45) is 44.8 Å². The molecule has 1 amide bonds. The van der Waals surface area contributed by atoms with E-state index in [1.807, 2.05) is 0 Å². The molecule has 0 unspecified atom stereocenters. The topological polar surface area (TPSA) is 284 Å². The highest BCUT2D eigenvalue weighted by Crippen LogP contribution is 2.73. The maximum absolute atomic E-state index is 14.0. The van der Waals surface area contributed by atoms with Gasteiger partial charge in [0.05, 0.1) is 31.3 Å². The number of hydrogen-bond acceptors (Lipinski definition) is 16. The number of aliphatic carboxylic acids is 1. The number of amides is 1. The Balaban J connectivity index is 1.20. The molecule has 0 aromatic heterocycles. The van der Waals surface area contributed by atoms with Crippen molar-refractivity contribution in [2.45, 2.75) is 219 Å². The quantitative estimate of drug-likeness (QED) is 0.112. The predicted molar refractivity (Wildman–Crippen MR) is 247 cm³/mol. The minimum Gasteiger partial charge on any atom is -0.481 e. The molecule has 2 saturated carbocycles. The first kappa shape index (κ1) is 54.6. The molecule has 7 aliphatic rings. The summed E-state index contributed by atoms with van der Waals surface area (Å²) in [6.45, 7) is 21.3. The fourth-order valence-corrected chi connectivity index (χ4v) is 14.4. The van der Waals surface area contributed by atoms with Crippen molar-refractivity contribution in [3.8, 4) is 0 Å². The van der Waals surface area contributed by atoms with Gasteiger partial charge in [-0.25, -0.2) is 0 Å². The highest BCUT2D eigenvalue weighted by atomic mass is 16.8. The van der Waals surface area contributed by atoms with Crippen LogP contribution in [-0.4, -0.2) is 170 Å². The smallest absolute Gasteiger partial charge is 0.314 e. The maximum atomic E-state index is 14.0. The molecule has 394 valence electrons. The third-order valence-electron chi connectivity index (χ3n) is 18.6. The number of fused-ring (bicyclic) bond motifs is 4. The molecule has 0 aromatic rings. The molecular formula is C51H83NO17. The molecule has 3 aliphatic heterocycles. The summed E-state index contributed by atoms with van der Waals surface area (Å²) in [5.74, 6) is -0.753. The molecule has 21 atom stereocenters. The van der Waals surface area contributed by atoms with Crippen LogP contribution < -0.4 is 5.32 Å². The van der Waals surface area contributed by atoms with Gasteiger partial charge in [0, 0.05) is 6.92 Å². The summed E-state index contributed by atoms with van der Waals surface area (Å²) in [4.78, 5) is 26.4. The Kier molecular flexibility index (Phi) is 16.1. The van der Waals surface area contributed by atoms with Crippen LogP contribution >= 0.6 is 0 Å². The molecule has 18 heteroatoms. The number of hydrogen-bond donors (Lipinski definition) is 10. The van der Waals surface area contributed by atoms with Crippen molar-refractivity contribution in [3.05, 3.63) is 23.3 Å². The van der Waals surface area contributed by atoms with Gasteiger partial charge in [-0.2, -0.15) is 0 Å². The first-order valence-corrected chi connectivity index (χ1v) is 25.3. The van der Waals surface area contributed by atoms with E-state index in [0.29, 0.717) is 38.0 Å². The van der Waals surface area contributed by atoms with Gasteiger partial charge in [0.2, 0.25) is 5.91 Å². The third kappa shape index (κ3) is 9.53. The standard InChI is InChI=1S/C51H83NO17/c1-24(11-12-25(2)47(4,5)6)27-16-20-51(46(62)63)29-13-14-33-48(7,8)34(17-18-49(33,9)28(29)15-19-50(27,51)10)67-45-42(69-43-35(52-26(3)55)39(60)37(58)31(21-53)65-43)41(38(59)32(22-54)66-45)68-44-40(61)36(57)30(56)23-64-44/h24,27,30-45,53-54,56-61H,2,11-23H2,1,3-10H3,(H,52,55)(H,62,63)/t24-,27-,30+,31-,32-,33-,34+,35-,36+,37-,38+,39-,40-,41+,42-,43+,44+,45+,49-,50-,51+/m1/s1. The minimum absolute atomic E-state index is 0.00915. The second kappa shape index (κ2) is 20.3. The highest BCUT2D eigenvalue weighted by molar-refractivity contribution is 5.82. The molecule has 18 nitrogen and oxygen atoms in total. The van der Waals surface area contributed by atoms with Crippen LogP contribution in [0, 0.1) is 44.8 Å². The fraction of sp³-hybridized carbons (Fsp3) is 0.882. The molecule has 0 radical (unpaired) electrons. The molecule has 3 heterocycles. The molecule has 69 heavy (non-hydrogen) atoms. The van der Waals surface area contributed by atoms with Crippen LogP contribution in [0.25, 0.3) is 0 Å². The summed E-state index contributed by atoms with van der Waals surface area (Å²) in [6, 6.07) is -1.43. The van der Waals surface area contributed by atoms with Gasteiger partial charge in [-0.05, 0) is 104 Å². The number of nitrogens with one attached hydrogen (secondary N) is 1. The zero-order valence-electron chi connectivity index (χ0n) is 42.1. The van der Waals surface area contributed by atoms with Crippen LogP contribution in [0.15, 0.2) is 23.3 Å². The van der Waals surface area contributed by atoms with Crippen molar-refractivity contribution in [3.63, 3.8) is 0 Å². The Morgan fingerprint density at radius 2 is 1.42 bits per heavy atom. The van der Waals surface area contributed by atoms with Crippen LogP contribution in [0.4, 0.5) is 0 Å². The van der Waals surface area contributed by atoms with Crippen LogP contribution in [0.3, 0.4) is 0 Å². The van der Waals surface area contributed by atoms with E-state index in [-0.39, 0.29) is 22.7 Å². The number of rotatable bonds is 14. The first-order chi connectivity index (χ1) is 32.2. The van der Waals surface area contributed by atoms with Crippen molar-refractivity contribution >= 4 is 11.9 Å². The number of carbonyl (C=O) groups excluding carboxylic acids is 1. The lowest BCUT2D eigenvalue weighted by Gasteiger charge is -2.62. The summed E-state index contributed by atoms with van der Waals surface area (Å²) in [5, 5.41) is 100. The van der Waals surface area contributed by atoms with E-state index in [1.54, 1.807) is 0 Å². The SMILES string of the molecule is C=C(CC[C@@H](C)[C@H]1CC[C@@]2(C(=O)O)C3=C(CC[C@]12C)[C@@]1(C)CC[C@H](O[C@@H]2O[C@H](CO)[C@H](O)[C@H](O[C@@H]4OC[C@H](O)[C@H](O)[C@H]4O)[C@H]2O[C@@H]2O[C@H](CO)[C@@H](O)[C@H](O)[C@H]2NC(C)=O)C(C)(C)[C@H]1CC3)C(C)(C)C. The van der Waals surface area contributed by atoms with Crippen LogP contribution in [0.2, 0.25) is 0 Å². The second-order valence-corrected chi connectivity index (χ2v) is 23.7. The lowest BCUT2D eigenvalue weighted by Crippen LogP contribution is -2.69. The minimum atomic E-state index is -1.80. The van der Waals surface area contributed by atoms with Gasteiger partial charge in [-0.1, -0.05) is 78.7 Å². The maximum Gasteiger partial charge on any atom is 0.314 e. The average Bonchev–Trinajstić information content (AvgIpc) is 3.61. The van der Waals surface area contributed by atoms with E-state index in [0.717, 1.165) is 37.7 Å². The molecule has 10 N–H and O–H groups in total. The number of carboxylic acids is 1. The molecule has 0 spiro atoms. The zero-order chi connectivity index (χ0) is 50.9. The number of allylic oxidation sites excluding steroid dienone is 2. The third-order valence-corrected chi connectivity index (χ3v) is 18.6. The van der Waals surface area contributed by atoms with E-state index >= 15 is 0 Å². The number of carbonyl (C=O) groups is 2. The number of ether oxygens (including phenoxy) is 6. The van der Waals surface area contributed by atoms with Gasteiger partial charge in [-0.15, -0.1) is 0 Å². The van der Waals surface area contributed by atoms with Gasteiger partial charge in [0.25, 0.3) is 0 Å². The molecule has 0 aromatic carbocycles. The van der Waals surface area contributed by atoms with Crippen LogP contribution in [0.1, 0.15) is 127 Å². The van der Waals surface area contributed by atoms with Gasteiger partial charge in [-0.3, -0.25) is 9.59 Å². The monoisotopic (exact) mass is 982 g/mol. The van der Waals surface area contributed by atoms with E-state index in [1.165, 1.54) is 18.1 Å². The van der Waals surface area contributed by atoms with Gasteiger partial charge in [0.1, 0.15) is 67.1 Å². The molecule has 4 aliphatic carbocycles. The lowest BCUT2D eigenvalue weighted by molar-refractivity contribution is -0.389. The Morgan fingerprint density at radius 3 is 2.04 bits per heavy atom. The van der Waals surface area contributed by atoms with Crippen LogP contribution in [0.5, 0.6) is 0 Å². The molecule has 3 saturated heterocycles. The number of aliphatic hydroxyl groups excluding tert-OH is 8. The predicted octanol–water partition coefficient (Wildman–Crippen LogP) is 2.44. The summed E-state index contributed by atoms with van der Waals surface area (Å²) in [5.41, 5.74) is 1.22.